The molecule has 0 aliphatic carbocycles. The number of nitrogens with one attached hydrogen (secondary N) is 1. The number of likely N-dealkylation sites (tertiary alicyclic amines) is 1. The summed E-state index contributed by atoms with van der Waals surface area (Å²) >= 11 is 0. The number of carbonyl (C=O) groups excluding carboxylic acids is 2. The molecule has 0 saturated carbocycles. The molecular formula is C26H25N7O3. The minimum Gasteiger partial charge on any atom is -0.496 e. The van der Waals surface area contributed by atoms with Gasteiger partial charge in [-0.3, -0.25) is 9.59 Å². The van der Waals surface area contributed by atoms with Crippen molar-refractivity contribution < 1.29 is 14.3 Å². The highest BCUT2D eigenvalue weighted by molar-refractivity contribution is 6.01. The zero-order valence-electron chi connectivity index (χ0n) is 19.8. The molecule has 10 heteroatoms. The lowest BCUT2D eigenvalue weighted by atomic mass is 9.98. The summed E-state index contributed by atoms with van der Waals surface area (Å²) in [4.78, 5) is 30.7. The van der Waals surface area contributed by atoms with E-state index in [0.29, 0.717) is 33.8 Å². The van der Waals surface area contributed by atoms with Crippen molar-refractivity contribution in [3.63, 3.8) is 0 Å². The second kappa shape index (κ2) is 9.49. The van der Waals surface area contributed by atoms with Crippen LogP contribution in [0.1, 0.15) is 23.2 Å². The maximum atomic E-state index is 13.1. The average Bonchev–Trinajstić information content (AvgIpc) is 3.57. The first-order chi connectivity index (χ1) is 17.5. The molecule has 0 bridgehead atoms. The molecule has 36 heavy (non-hydrogen) atoms. The van der Waals surface area contributed by atoms with Gasteiger partial charge in [-0.2, -0.15) is 0 Å². The third-order valence-electron chi connectivity index (χ3n) is 6.19. The monoisotopic (exact) mass is 483 g/mol. The van der Waals surface area contributed by atoms with Gasteiger partial charge in [0.05, 0.1) is 12.7 Å². The van der Waals surface area contributed by atoms with Crippen molar-refractivity contribution in [3.8, 4) is 28.1 Å². The lowest BCUT2D eigenvalue weighted by Crippen LogP contribution is -2.27. The predicted molar refractivity (Wildman–Crippen MR) is 137 cm³/mol. The predicted octanol–water partition coefficient (Wildman–Crippen LogP) is 3.41. The maximum absolute atomic E-state index is 13.1. The Balaban J connectivity index is 1.62. The van der Waals surface area contributed by atoms with Gasteiger partial charge in [0.25, 0.3) is 5.91 Å². The summed E-state index contributed by atoms with van der Waals surface area (Å²) in [6.07, 6.45) is 4.57. The van der Waals surface area contributed by atoms with E-state index in [1.807, 2.05) is 29.2 Å². The maximum Gasteiger partial charge on any atom is 0.257 e. The molecule has 0 atom stereocenters. The van der Waals surface area contributed by atoms with Crippen molar-refractivity contribution in [1.82, 2.24) is 24.7 Å². The van der Waals surface area contributed by atoms with E-state index in [9.17, 15) is 9.59 Å². The number of fused-ring (bicyclic) bond motifs is 1. The number of nitrogens with two attached hydrogens (primary N) is 1. The largest absolute Gasteiger partial charge is 0.496 e. The SMILES string of the molecule is C=CC(=O)Nc1ccc(-c2nn3ncnc(N)c3c2-c2ccc(C(=O)N3CCCC3)c(OC)c2)cc1. The van der Waals surface area contributed by atoms with Crippen molar-refractivity contribution in [3.05, 3.63) is 67.0 Å². The number of methoxy groups -OCH3 is 1. The second-order valence-electron chi connectivity index (χ2n) is 8.39. The number of rotatable bonds is 6. The van der Waals surface area contributed by atoms with Crippen LogP contribution >= 0.6 is 0 Å². The molecule has 4 aromatic rings. The van der Waals surface area contributed by atoms with Gasteiger partial charge in [0, 0.05) is 29.9 Å². The highest BCUT2D eigenvalue weighted by atomic mass is 16.5. The van der Waals surface area contributed by atoms with Gasteiger partial charge in [0.15, 0.2) is 5.82 Å². The Hall–Kier alpha value is -4.73. The number of aromatic nitrogens is 4. The van der Waals surface area contributed by atoms with Crippen molar-refractivity contribution >= 4 is 28.8 Å². The molecule has 5 rings (SSSR count). The molecule has 2 amide bonds. The van der Waals surface area contributed by atoms with Gasteiger partial charge in [0.1, 0.15) is 23.3 Å². The number of nitrogens with zero attached hydrogens (tertiary/aromatic N) is 5. The fourth-order valence-corrected chi connectivity index (χ4v) is 4.41. The van der Waals surface area contributed by atoms with Crippen LogP contribution in [0.5, 0.6) is 5.75 Å². The Morgan fingerprint density at radius 2 is 1.83 bits per heavy atom. The van der Waals surface area contributed by atoms with Crippen LogP contribution in [-0.2, 0) is 4.79 Å². The number of hydrogen-bond donors (Lipinski definition) is 2. The number of amides is 2. The topological polar surface area (TPSA) is 128 Å². The highest BCUT2D eigenvalue weighted by Crippen LogP contribution is 2.39. The Kier molecular flexibility index (Phi) is 6.07. The molecule has 0 spiro atoms. The average molecular weight is 484 g/mol. The first kappa shape index (κ1) is 23.0. The molecule has 2 aromatic carbocycles. The summed E-state index contributed by atoms with van der Waals surface area (Å²) in [5.74, 6) is 0.392. The van der Waals surface area contributed by atoms with Crippen molar-refractivity contribution in [1.29, 1.82) is 0 Å². The zero-order valence-corrected chi connectivity index (χ0v) is 19.8. The van der Waals surface area contributed by atoms with Crippen LogP contribution in [0.2, 0.25) is 0 Å². The summed E-state index contributed by atoms with van der Waals surface area (Å²) in [5, 5.41) is 11.6. The van der Waals surface area contributed by atoms with Crippen LogP contribution in [0.3, 0.4) is 0 Å². The number of hydrogen-bond acceptors (Lipinski definition) is 7. The number of benzene rings is 2. The summed E-state index contributed by atoms with van der Waals surface area (Å²) in [5.41, 5.74) is 10.8. The zero-order chi connectivity index (χ0) is 25.2. The van der Waals surface area contributed by atoms with Crippen LogP contribution in [0.15, 0.2) is 61.4 Å². The van der Waals surface area contributed by atoms with Crippen LogP contribution in [0, 0.1) is 0 Å². The smallest absolute Gasteiger partial charge is 0.257 e. The summed E-state index contributed by atoms with van der Waals surface area (Å²) in [7, 11) is 1.55. The standard InChI is InChI=1S/C26H25N7O3/c1-3-21(34)30-18-9-6-16(7-10-18)23-22(24-25(27)28-15-29-33(24)31-23)17-8-11-19(20(14-17)36-2)26(35)32-12-4-5-13-32/h3,6-11,14-15H,1,4-5,12-13H2,2H3,(H,30,34)(H2,27,28,29). The number of carbonyl (C=O) groups is 2. The first-order valence-corrected chi connectivity index (χ1v) is 11.5. The molecule has 1 saturated heterocycles. The summed E-state index contributed by atoms with van der Waals surface area (Å²) in [6.45, 7) is 4.97. The number of anilines is 2. The third-order valence-corrected chi connectivity index (χ3v) is 6.19. The second-order valence-corrected chi connectivity index (χ2v) is 8.39. The van der Waals surface area contributed by atoms with E-state index < -0.39 is 0 Å². The molecule has 0 unspecified atom stereocenters. The summed E-state index contributed by atoms with van der Waals surface area (Å²) in [6, 6.07) is 12.7. The Morgan fingerprint density at radius 3 is 2.53 bits per heavy atom. The first-order valence-electron chi connectivity index (χ1n) is 11.5. The van der Waals surface area contributed by atoms with Crippen LogP contribution < -0.4 is 15.8 Å². The molecule has 3 N–H and O–H groups in total. The number of ether oxygens (including phenoxy) is 1. The van der Waals surface area contributed by atoms with Crippen LogP contribution in [0.25, 0.3) is 27.9 Å². The Morgan fingerprint density at radius 1 is 1.11 bits per heavy atom. The van der Waals surface area contributed by atoms with E-state index in [1.54, 1.807) is 25.3 Å². The Labute approximate surface area is 207 Å². The highest BCUT2D eigenvalue weighted by Gasteiger charge is 2.25. The van der Waals surface area contributed by atoms with Crippen LogP contribution in [-0.4, -0.2) is 56.7 Å². The van der Waals surface area contributed by atoms with E-state index >= 15 is 0 Å². The van der Waals surface area contributed by atoms with Crippen molar-refractivity contribution in [2.45, 2.75) is 12.8 Å². The van der Waals surface area contributed by atoms with Crippen molar-refractivity contribution in [2.24, 2.45) is 0 Å². The van der Waals surface area contributed by atoms with Gasteiger partial charge in [-0.1, -0.05) is 24.8 Å². The Bertz CT molecular complexity index is 1470. The van der Waals surface area contributed by atoms with E-state index in [-0.39, 0.29) is 17.6 Å². The molecule has 182 valence electrons. The quantitative estimate of drug-likeness (QED) is 0.402. The van der Waals surface area contributed by atoms with Gasteiger partial charge in [-0.15, -0.1) is 14.8 Å². The molecule has 10 nitrogen and oxygen atoms in total. The molecular weight excluding hydrogens is 458 g/mol. The molecule has 2 aromatic heterocycles. The molecule has 1 aliphatic rings. The van der Waals surface area contributed by atoms with Gasteiger partial charge in [-0.25, -0.2) is 4.98 Å². The van der Waals surface area contributed by atoms with Crippen LogP contribution in [0.4, 0.5) is 11.5 Å². The lowest BCUT2D eigenvalue weighted by Gasteiger charge is -2.18. The fourth-order valence-electron chi connectivity index (χ4n) is 4.41. The van der Waals surface area contributed by atoms with Gasteiger partial charge in [-0.05, 0) is 48.7 Å². The van der Waals surface area contributed by atoms with Gasteiger partial charge in [0.2, 0.25) is 5.91 Å². The lowest BCUT2D eigenvalue weighted by molar-refractivity contribution is -0.111. The fraction of sp³-hybridized carbons (Fsp3) is 0.192. The minimum atomic E-state index is -0.296. The van der Waals surface area contributed by atoms with Gasteiger partial charge < -0.3 is 20.7 Å². The number of nitrogen functional groups attached to an aromatic ring is 1. The minimum absolute atomic E-state index is 0.0454. The third kappa shape index (κ3) is 4.13. The normalized spacial score (nSPS) is 13.1. The molecule has 0 radical (unpaired) electrons. The molecule has 3 heterocycles. The van der Waals surface area contributed by atoms with Gasteiger partial charge >= 0.3 is 0 Å². The molecule has 1 aliphatic heterocycles. The molecule has 1 fully saturated rings. The summed E-state index contributed by atoms with van der Waals surface area (Å²) < 4.78 is 7.07. The van der Waals surface area contributed by atoms with Crippen molar-refractivity contribution in [2.75, 3.05) is 31.2 Å². The van der Waals surface area contributed by atoms with E-state index in [4.69, 9.17) is 10.5 Å². The van der Waals surface area contributed by atoms with E-state index in [1.165, 1.54) is 17.0 Å². The van der Waals surface area contributed by atoms with E-state index in [2.05, 4.69) is 27.1 Å². The van der Waals surface area contributed by atoms with E-state index in [0.717, 1.165) is 37.1 Å².